The summed E-state index contributed by atoms with van der Waals surface area (Å²) >= 11 is 2.94. The summed E-state index contributed by atoms with van der Waals surface area (Å²) in [5.74, 6) is 1.23. The second kappa shape index (κ2) is 12.3. The zero-order chi connectivity index (χ0) is 23.8. The van der Waals surface area contributed by atoms with Crippen LogP contribution < -0.4 is 5.32 Å². The maximum absolute atomic E-state index is 12.6. The quantitative estimate of drug-likeness (QED) is 0.231. The van der Waals surface area contributed by atoms with Crippen LogP contribution in [0.5, 0.6) is 0 Å². The Morgan fingerprint density at radius 2 is 1.85 bits per heavy atom. The molecule has 2 heterocycles. The standard InChI is InChI=1S/C25H35N5OS2/c1-6-8-9-10-11-12-21-28-29-25(30(21)7-2)32-16-22(31)26-24-27-23(19(5)33-24)20-14-13-17(3)18(4)15-20/h13-15H,6-12,16H2,1-5H3,(H,26,27,31). The van der Waals surface area contributed by atoms with Crippen molar-refractivity contribution in [1.82, 2.24) is 19.7 Å². The summed E-state index contributed by atoms with van der Waals surface area (Å²) in [5.41, 5.74) is 4.51. The highest BCUT2D eigenvalue weighted by atomic mass is 32.2. The second-order valence-corrected chi connectivity index (χ2v) is 10.5. The monoisotopic (exact) mass is 485 g/mol. The van der Waals surface area contributed by atoms with E-state index in [9.17, 15) is 4.79 Å². The van der Waals surface area contributed by atoms with Crippen molar-refractivity contribution in [2.75, 3.05) is 11.1 Å². The lowest BCUT2D eigenvalue weighted by Crippen LogP contribution is -2.14. The molecule has 0 unspecified atom stereocenters. The molecule has 0 radical (unpaired) electrons. The van der Waals surface area contributed by atoms with E-state index in [1.807, 2.05) is 6.92 Å². The summed E-state index contributed by atoms with van der Waals surface area (Å²) in [4.78, 5) is 18.4. The number of hydrogen-bond acceptors (Lipinski definition) is 6. The molecule has 178 valence electrons. The number of carbonyl (C=O) groups is 1. The van der Waals surface area contributed by atoms with Gasteiger partial charge in [-0.15, -0.1) is 21.5 Å². The number of aryl methyl sites for hydroxylation is 4. The number of benzene rings is 1. The van der Waals surface area contributed by atoms with Crippen LogP contribution >= 0.6 is 23.1 Å². The third-order valence-electron chi connectivity index (χ3n) is 5.77. The highest BCUT2D eigenvalue weighted by Crippen LogP contribution is 2.31. The molecule has 3 rings (SSSR count). The maximum Gasteiger partial charge on any atom is 0.236 e. The van der Waals surface area contributed by atoms with Crippen LogP contribution in [0.25, 0.3) is 11.3 Å². The first-order valence-corrected chi connectivity index (χ1v) is 13.6. The van der Waals surface area contributed by atoms with E-state index in [4.69, 9.17) is 0 Å². The largest absolute Gasteiger partial charge is 0.306 e. The molecule has 33 heavy (non-hydrogen) atoms. The smallest absolute Gasteiger partial charge is 0.236 e. The van der Waals surface area contributed by atoms with Crippen molar-refractivity contribution in [2.45, 2.75) is 84.8 Å². The molecule has 3 aromatic rings. The van der Waals surface area contributed by atoms with Crippen molar-refractivity contribution < 1.29 is 4.79 Å². The molecule has 6 nitrogen and oxygen atoms in total. The van der Waals surface area contributed by atoms with Crippen molar-refractivity contribution in [3.05, 3.63) is 40.0 Å². The van der Waals surface area contributed by atoms with Crippen LogP contribution in [0.4, 0.5) is 5.13 Å². The second-order valence-electron chi connectivity index (χ2n) is 8.37. The fraction of sp³-hybridized carbons (Fsp3) is 0.520. The molecule has 0 atom stereocenters. The number of rotatable bonds is 12. The van der Waals surface area contributed by atoms with Gasteiger partial charge in [0, 0.05) is 23.4 Å². The van der Waals surface area contributed by atoms with Gasteiger partial charge < -0.3 is 9.88 Å². The van der Waals surface area contributed by atoms with Gasteiger partial charge in [0.1, 0.15) is 5.82 Å². The molecule has 0 aliphatic rings. The van der Waals surface area contributed by atoms with Crippen LogP contribution in [0.2, 0.25) is 0 Å². The Kier molecular flexibility index (Phi) is 9.50. The Morgan fingerprint density at radius 1 is 1.06 bits per heavy atom. The average molecular weight is 486 g/mol. The minimum atomic E-state index is -0.0767. The van der Waals surface area contributed by atoms with Crippen molar-refractivity contribution in [2.24, 2.45) is 0 Å². The molecule has 0 aliphatic carbocycles. The van der Waals surface area contributed by atoms with Crippen LogP contribution in [0.3, 0.4) is 0 Å². The van der Waals surface area contributed by atoms with Crippen molar-refractivity contribution in [1.29, 1.82) is 0 Å². The van der Waals surface area contributed by atoms with E-state index in [0.717, 1.165) is 46.5 Å². The van der Waals surface area contributed by atoms with Gasteiger partial charge in [-0.25, -0.2) is 4.98 Å². The van der Waals surface area contributed by atoms with E-state index < -0.39 is 0 Å². The molecule has 0 fully saturated rings. The predicted molar refractivity (Wildman–Crippen MR) is 139 cm³/mol. The third-order valence-corrected chi connectivity index (χ3v) is 7.62. The lowest BCUT2D eigenvalue weighted by molar-refractivity contribution is -0.113. The number of anilines is 1. The van der Waals surface area contributed by atoms with Gasteiger partial charge in [-0.1, -0.05) is 56.5 Å². The summed E-state index contributed by atoms with van der Waals surface area (Å²) in [6.45, 7) is 11.4. The fourth-order valence-electron chi connectivity index (χ4n) is 3.71. The minimum absolute atomic E-state index is 0.0767. The minimum Gasteiger partial charge on any atom is -0.306 e. The van der Waals surface area contributed by atoms with Crippen molar-refractivity contribution >= 4 is 34.1 Å². The van der Waals surface area contributed by atoms with Crippen molar-refractivity contribution in [3.63, 3.8) is 0 Å². The number of carbonyl (C=O) groups excluding carboxylic acids is 1. The first kappa shape index (κ1) is 25.4. The highest BCUT2D eigenvalue weighted by Gasteiger charge is 2.16. The molecular formula is C25H35N5OS2. The number of thioether (sulfide) groups is 1. The molecule has 0 bridgehead atoms. The molecule has 2 aromatic heterocycles. The first-order chi connectivity index (χ1) is 15.9. The summed E-state index contributed by atoms with van der Waals surface area (Å²) in [5, 5.41) is 13.1. The van der Waals surface area contributed by atoms with E-state index >= 15 is 0 Å². The lowest BCUT2D eigenvalue weighted by Gasteiger charge is -2.07. The number of nitrogens with zero attached hydrogens (tertiary/aromatic N) is 4. The Labute approximate surface area is 205 Å². The molecular weight excluding hydrogens is 450 g/mol. The van der Waals surface area contributed by atoms with E-state index in [-0.39, 0.29) is 11.7 Å². The van der Waals surface area contributed by atoms with Gasteiger partial charge >= 0.3 is 0 Å². The van der Waals surface area contributed by atoms with Gasteiger partial charge in [-0.3, -0.25) is 4.79 Å². The Morgan fingerprint density at radius 3 is 2.58 bits per heavy atom. The Bertz CT molecular complexity index is 1070. The molecule has 8 heteroatoms. The molecule has 0 spiro atoms. The number of aromatic nitrogens is 4. The fourth-order valence-corrected chi connectivity index (χ4v) is 5.38. The zero-order valence-electron chi connectivity index (χ0n) is 20.4. The maximum atomic E-state index is 12.6. The zero-order valence-corrected chi connectivity index (χ0v) is 22.0. The number of nitrogens with one attached hydrogen (secondary N) is 1. The molecule has 0 saturated heterocycles. The average Bonchev–Trinajstić information content (AvgIpc) is 3.36. The van der Waals surface area contributed by atoms with E-state index in [1.54, 1.807) is 0 Å². The van der Waals surface area contributed by atoms with Gasteiger partial charge in [0.15, 0.2) is 10.3 Å². The van der Waals surface area contributed by atoms with Gasteiger partial charge in [0.25, 0.3) is 0 Å². The summed E-state index contributed by atoms with van der Waals surface area (Å²) in [7, 11) is 0. The predicted octanol–water partition coefficient (Wildman–Crippen LogP) is 6.59. The third kappa shape index (κ3) is 6.90. The Balaban J connectivity index is 1.56. The SMILES string of the molecule is CCCCCCCc1nnc(SCC(=O)Nc2nc(-c3ccc(C)c(C)c3)c(C)s2)n1CC. The van der Waals surface area contributed by atoms with Crippen LogP contribution in [0.15, 0.2) is 23.4 Å². The van der Waals surface area contributed by atoms with E-state index in [1.165, 1.54) is 59.9 Å². The Hall–Kier alpha value is -2.19. The number of thiazole rings is 1. The van der Waals surface area contributed by atoms with Gasteiger partial charge in [0.05, 0.1) is 11.4 Å². The summed E-state index contributed by atoms with van der Waals surface area (Å²) in [6.07, 6.45) is 7.13. The van der Waals surface area contributed by atoms with Gasteiger partial charge in [0.2, 0.25) is 5.91 Å². The van der Waals surface area contributed by atoms with Crippen molar-refractivity contribution in [3.8, 4) is 11.3 Å². The topological polar surface area (TPSA) is 72.7 Å². The first-order valence-electron chi connectivity index (χ1n) is 11.8. The van der Waals surface area contributed by atoms with Crippen LogP contribution in [0.1, 0.15) is 67.8 Å². The normalized spacial score (nSPS) is 11.2. The summed E-state index contributed by atoms with van der Waals surface area (Å²) in [6, 6.07) is 6.35. The molecule has 1 N–H and O–H groups in total. The van der Waals surface area contributed by atoms with E-state index in [2.05, 4.69) is 71.0 Å². The van der Waals surface area contributed by atoms with Crippen LogP contribution in [-0.4, -0.2) is 31.4 Å². The molecule has 1 amide bonds. The lowest BCUT2D eigenvalue weighted by atomic mass is 10.0. The number of hydrogen-bond donors (Lipinski definition) is 1. The highest BCUT2D eigenvalue weighted by molar-refractivity contribution is 7.99. The summed E-state index contributed by atoms with van der Waals surface area (Å²) < 4.78 is 2.13. The molecule has 1 aromatic carbocycles. The molecule has 0 saturated carbocycles. The van der Waals surface area contributed by atoms with Crippen LogP contribution in [0, 0.1) is 20.8 Å². The van der Waals surface area contributed by atoms with Crippen LogP contribution in [-0.2, 0) is 17.8 Å². The van der Waals surface area contributed by atoms with E-state index in [0.29, 0.717) is 5.13 Å². The number of amides is 1. The number of unbranched alkanes of at least 4 members (excludes halogenated alkanes) is 4. The molecule has 0 aliphatic heterocycles. The van der Waals surface area contributed by atoms with Gasteiger partial charge in [-0.05, 0) is 51.3 Å². The van der Waals surface area contributed by atoms with Gasteiger partial charge in [-0.2, -0.15) is 0 Å².